The summed E-state index contributed by atoms with van der Waals surface area (Å²) in [6.07, 6.45) is 10.1. The van der Waals surface area contributed by atoms with Gasteiger partial charge in [0.25, 0.3) is 0 Å². The van der Waals surface area contributed by atoms with Gasteiger partial charge in [-0.3, -0.25) is 0 Å². The van der Waals surface area contributed by atoms with Crippen molar-refractivity contribution in [2.45, 2.75) is 58.8 Å². The van der Waals surface area contributed by atoms with Gasteiger partial charge in [-0.05, 0) is 45.4 Å². The largest absolute Gasteiger partial charge is 0.338 e. The molecule has 0 atom stereocenters. The fourth-order valence-electron chi connectivity index (χ4n) is 2.74. The van der Waals surface area contributed by atoms with E-state index in [-0.39, 0.29) is 6.03 Å². The molecule has 0 aliphatic heterocycles. The van der Waals surface area contributed by atoms with Crippen molar-refractivity contribution in [3.63, 3.8) is 0 Å². The summed E-state index contributed by atoms with van der Waals surface area (Å²) in [5.74, 6) is 0. The maximum Gasteiger partial charge on any atom is 0.314 e. The fourth-order valence-corrected chi connectivity index (χ4v) is 3.76. The fraction of sp³-hybridized carbons (Fsp3) is 0.647. The van der Waals surface area contributed by atoms with E-state index >= 15 is 0 Å². The van der Waals surface area contributed by atoms with Gasteiger partial charge in [0.2, 0.25) is 0 Å². The van der Waals surface area contributed by atoms with Crippen LogP contribution < -0.4 is 10.6 Å². The molecule has 1 aliphatic carbocycles. The van der Waals surface area contributed by atoms with Crippen LogP contribution in [-0.2, 0) is 12.8 Å². The number of aryl methyl sites for hydroxylation is 2. The topological polar surface area (TPSA) is 54.0 Å². The van der Waals surface area contributed by atoms with Crippen LogP contribution in [0.15, 0.2) is 11.6 Å². The lowest BCUT2D eigenvalue weighted by atomic mass is 9.97. The Morgan fingerprint density at radius 2 is 2.05 bits per heavy atom. The second-order valence-corrected chi connectivity index (χ2v) is 7.04. The summed E-state index contributed by atoms with van der Waals surface area (Å²) >= 11 is 1.74. The molecule has 0 radical (unpaired) electrons. The maximum atomic E-state index is 11.7. The van der Waals surface area contributed by atoms with Crippen LogP contribution in [0.3, 0.4) is 0 Å². The maximum absolute atomic E-state index is 11.7. The van der Waals surface area contributed by atoms with Crippen LogP contribution in [0.25, 0.3) is 0 Å². The van der Waals surface area contributed by atoms with E-state index in [9.17, 15) is 4.79 Å². The van der Waals surface area contributed by atoms with E-state index in [4.69, 9.17) is 0 Å². The van der Waals surface area contributed by atoms with E-state index in [1.807, 2.05) is 0 Å². The van der Waals surface area contributed by atoms with Crippen molar-refractivity contribution in [2.24, 2.45) is 0 Å². The Hall–Kier alpha value is -1.36. The van der Waals surface area contributed by atoms with Crippen molar-refractivity contribution in [1.29, 1.82) is 0 Å². The lowest BCUT2D eigenvalue weighted by Gasteiger charge is -2.13. The van der Waals surface area contributed by atoms with Crippen molar-refractivity contribution < 1.29 is 4.79 Å². The number of urea groups is 1. The lowest BCUT2D eigenvalue weighted by Crippen LogP contribution is -2.37. The van der Waals surface area contributed by atoms with E-state index in [2.05, 4.69) is 35.5 Å². The molecule has 2 amide bonds. The summed E-state index contributed by atoms with van der Waals surface area (Å²) in [6, 6.07) is -0.0691. The highest BCUT2D eigenvalue weighted by Gasteiger charge is 2.07. The third-order valence-corrected chi connectivity index (χ3v) is 5.09. The number of carbonyl (C=O) groups excluding carboxylic acids is 1. The molecule has 0 aromatic carbocycles. The SMILES string of the molecule is CCc1nc(CCNC(=O)NCCC2=CCCCC2)sc1C. The summed E-state index contributed by atoms with van der Waals surface area (Å²) in [5.41, 5.74) is 2.68. The molecule has 122 valence electrons. The zero-order valence-electron chi connectivity index (χ0n) is 13.7. The minimum Gasteiger partial charge on any atom is -0.338 e. The second-order valence-electron chi connectivity index (χ2n) is 5.75. The molecule has 22 heavy (non-hydrogen) atoms. The van der Waals surface area contributed by atoms with Crippen LogP contribution in [-0.4, -0.2) is 24.1 Å². The van der Waals surface area contributed by atoms with Crippen LogP contribution in [0.1, 0.15) is 54.6 Å². The molecule has 1 aliphatic rings. The number of nitrogens with zero attached hydrogens (tertiary/aromatic N) is 1. The third kappa shape index (κ3) is 5.44. The number of nitrogens with one attached hydrogen (secondary N) is 2. The van der Waals surface area contributed by atoms with Gasteiger partial charge in [0.15, 0.2) is 0 Å². The van der Waals surface area contributed by atoms with Gasteiger partial charge in [-0.15, -0.1) is 11.3 Å². The van der Waals surface area contributed by atoms with Crippen molar-refractivity contribution >= 4 is 17.4 Å². The van der Waals surface area contributed by atoms with Gasteiger partial charge < -0.3 is 10.6 Å². The smallest absolute Gasteiger partial charge is 0.314 e. The third-order valence-electron chi connectivity index (χ3n) is 4.01. The van der Waals surface area contributed by atoms with E-state index in [1.54, 1.807) is 11.3 Å². The average Bonchev–Trinajstić information content (AvgIpc) is 2.88. The normalized spacial score (nSPS) is 14.5. The number of rotatable bonds is 7. The molecular weight excluding hydrogens is 294 g/mol. The monoisotopic (exact) mass is 321 g/mol. The molecular formula is C17H27N3OS. The molecule has 0 spiro atoms. The molecule has 1 aromatic heterocycles. The first-order chi connectivity index (χ1) is 10.7. The number of allylic oxidation sites excluding steroid dienone is 1. The summed E-state index contributed by atoms with van der Waals surface area (Å²) in [4.78, 5) is 17.6. The molecule has 0 saturated carbocycles. The molecule has 0 fully saturated rings. The van der Waals surface area contributed by atoms with E-state index < -0.39 is 0 Å². The summed E-state index contributed by atoms with van der Waals surface area (Å²) < 4.78 is 0. The van der Waals surface area contributed by atoms with Crippen LogP contribution >= 0.6 is 11.3 Å². The summed E-state index contributed by atoms with van der Waals surface area (Å²) in [5, 5.41) is 6.96. The van der Waals surface area contributed by atoms with E-state index in [0.717, 1.165) is 30.8 Å². The molecule has 0 unspecified atom stereocenters. The summed E-state index contributed by atoms with van der Waals surface area (Å²) in [6.45, 7) is 5.61. The zero-order chi connectivity index (χ0) is 15.8. The predicted molar refractivity (Wildman–Crippen MR) is 92.5 cm³/mol. The Morgan fingerprint density at radius 1 is 1.27 bits per heavy atom. The molecule has 0 saturated heterocycles. The Balaban J connectivity index is 1.60. The lowest BCUT2D eigenvalue weighted by molar-refractivity contribution is 0.241. The van der Waals surface area contributed by atoms with Crippen LogP contribution in [0.2, 0.25) is 0 Å². The minimum atomic E-state index is -0.0691. The number of thiazole rings is 1. The number of aromatic nitrogens is 1. The number of amides is 2. The Morgan fingerprint density at radius 3 is 2.68 bits per heavy atom. The highest BCUT2D eigenvalue weighted by molar-refractivity contribution is 7.11. The van der Waals surface area contributed by atoms with Gasteiger partial charge in [0.1, 0.15) is 0 Å². The van der Waals surface area contributed by atoms with Crippen molar-refractivity contribution in [1.82, 2.24) is 15.6 Å². The molecule has 1 aromatic rings. The first-order valence-electron chi connectivity index (χ1n) is 8.33. The van der Waals surface area contributed by atoms with Crippen molar-refractivity contribution in [3.8, 4) is 0 Å². The number of hydrogen-bond acceptors (Lipinski definition) is 3. The Labute approximate surface area is 137 Å². The first-order valence-corrected chi connectivity index (χ1v) is 9.15. The van der Waals surface area contributed by atoms with Crippen LogP contribution in [0.5, 0.6) is 0 Å². The van der Waals surface area contributed by atoms with Gasteiger partial charge in [0, 0.05) is 24.4 Å². The van der Waals surface area contributed by atoms with Gasteiger partial charge in [-0.25, -0.2) is 9.78 Å². The molecule has 0 bridgehead atoms. The quantitative estimate of drug-likeness (QED) is 0.752. The second kappa shape index (κ2) is 8.93. The molecule has 2 rings (SSSR count). The molecule has 2 N–H and O–H groups in total. The first kappa shape index (κ1) is 17.0. The molecule has 4 nitrogen and oxygen atoms in total. The number of hydrogen-bond donors (Lipinski definition) is 2. The van der Waals surface area contributed by atoms with E-state index in [1.165, 1.54) is 41.8 Å². The minimum absolute atomic E-state index is 0.0691. The van der Waals surface area contributed by atoms with Gasteiger partial charge >= 0.3 is 6.03 Å². The highest BCUT2D eigenvalue weighted by Crippen LogP contribution is 2.19. The van der Waals surface area contributed by atoms with E-state index in [0.29, 0.717) is 6.54 Å². The highest BCUT2D eigenvalue weighted by atomic mass is 32.1. The van der Waals surface area contributed by atoms with Crippen molar-refractivity contribution in [2.75, 3.05) is 13.1 Å². The number of carbonyl (C=O) groups is 1. The Kier molecular flexibility index (Phi) is 6.90. The van der Waals surface area contributed by atoms with Crippen LogP contribution in [0.4, 0.5) is 4.79 Å². The van der Waals surface area contributed by atoms with Gasteiger partial charge in [-0.2, -0.15) is 0 Å². The van der Waals surface area contributed by atoms with Crippen LogP contribution in [0, 0.1) is 6.92 Å². The predicted octanol–water partition coefficient (Wildman–Crippen LogP) is 3.75. The average molecular weight is 321 g/mol. The zero-order valence-corrected chi connectivity index (χ0v) is 14.5. The molecule has 5 heteroatoms. The summed E-state index contributed by atoms with van der Waals surface area (Å²) in [7, 11) is 0. The molecule has 1 heterocycles. The van der Waals surface area contributed by atoms with Gasteiger partial charge in [-0.1, -0.05) is 18.6 Å². The van der Waals surface area contributed by atoms with Crippen molar-refractivity contribution in [3.05, 3.63) is 27.2 Å². The van der Waals surface area contributed by atoms with Gasteiger partial charge in [0.05, 0.1) is 10.7 Å². The Bertz CT molecular complexity index is 522. The standard InChI is InChI=1S/C17H27N3OS/c1-3-15-13(2)22-16(20-15)10-12-19-17(21)18-11-9-14-7-5-4-6-8-14/h7H,3-6,8-12H2,1-2H3,(H2,18,19,21).